The molecular formula is C21H21N3O3. The standard InChI is InChI=1S/C21H21N3O3/c1-3-12-23-17-6-4-5-7-18(17)24(21(27)20(23)26)14-19(25)22-13-16-10-8-15(2)9-11-16/h3-11H,1,12-14H2,2H3,(H,22,25). The van der Waals surface area contributed by atoms with Crippen LogP contribution in [-0.2, 0) is 24.4 Å². The van der Waals surface area contributed by atoms with E-state index in [4.69, 9.17) is 0 Å². The van der Waals surface area contributed by atoms with Gasteiger partial charge in [0.15, 0.2) is 0 Å². The van der Waals surface area contributed by atoms with Crippen molar-refractivity contribution in [2.75, 3.05) is 0 Å². The van der Waals surface area contributed by atoms with Crippen LogP contribution >= 0.6 is 0 Å². The number of hydrogen-bond donors (Lipinski definition) is 1. The molecule has 1 aromatic heterocycles. The topological polar surface area (TPSA) is 73.1 Å². The summed E-state index contributed by atoms with van der Waals surface area (Å²) in [6, 6.07) is 14.8. The zero-order valence-electron chi connectivity index (χ0n) is 15.1. The van der Waals surface area contributed by atoms with Gasteiger partial charge < -0.3 is 5.32 Å². The first kappa shape index (κ1) is 18.4. The van der Waals surface area contributed by atoms with Crippen molar-refractivity contribution >= 4 is 16.9 Å². The lowest BCUT2D eigenvalue weighted by molar-refractivity contribution is -0.121. The number of rotatable bonds is 6. The molecule has 6 nitrogen and oxygen atoms in total. The fourth-order valence-corrected chi connectivity index (χ4v) is 2.94. The van der Waals surface area contributed by atoms with Gasteiger partial charge in [-0.05, 0) is 24.6 Å². The van der Waals surface area contributed by atoms with Crippen molar-refractivity contribution < 1.29 is 4.79 Å². The molecule has 6 heteroatoms. The summed E-state index contributed by atoms with van der Waals surface area (Å²) in [7, 11) is 0. The summed E-state index contributed by atoms with van der Waals surface area (Å²) in [6.07, 6.45) is 1.56. The van der Waals surface area contributed by atoms with Crippen molar-refractivity contribution in [3.8, 4) is 0 Å². The van der Waals surface area contributed by atoms with E-state index in [9.17, 15) is 14.4 Å². The maximum absolute atomic E-state index is 12.5. The van der Waals surface area contributed by atoms with Crippen molar-refractivity contribution in [1.82, 2.24) is 14.5 Å². The SMILES string of the molecule is C=CCn1c(=O)c(=O)n(CC(=O)NCc2ccc(C)cc2)c2ccccc21. The fraction of sp³-hybridized carbons (Fsp3) is 0.190. The van der Waals surface area contributed by atoms with Crippen molar-refractivity contribution in [3.05, 3.63) is 93.0 Å². The molecule has 0 aliphatic heterocycles. The van der Waals surface area contributed by atoms with Crippen molar-refractivity contribution in [2.45, 2.75) is 26.6 Å². The lowest BCUT2D eigenvalue weighted by Gasteiger charge is -2.14. The van der Waals surface area contributed by atoms with Crippen LogP contribution in [0, 0.1) is 6.92 Å². The second-order valence-corrected chi connectivity index (χ2v) is 6.35. The number of benzene rings is 2. The molecule has 0 fully saturated rings. The Morgan fingerprint density at radius 2 is 1.59 bits per heavy atom. The molecule has 0 aliphatic carbocycles. The summed E-state index contributed by atoms with van der Waals surface area (Å²) < 4.78 is 2.59. The molecule has 138 valence electrons. The lowest BCUT2D eigenvalue weighted by Crippen LogP contribution is -2.43. The quantitative estimate of drug-likeness (QED) is 0.538. The molecule has 27 heavy (non-hydrogen) atoms. The van der Waals surface area contributed by atoms with Gasteiger partial charge in [0.25, 0.3) is 0 Å². The Morgan fingerprint density at radius 3 is 2.22 bits per heavy atom. The predicted octanol–water partition coefficient (Wildman–Crippen LogP) is 1.97. The van der Waals surface area contributed by atoms with Crippen LogP contribution in [0.25, 0.3) is 11.0 Å². The summed E-state index contributed by atoms with van der Waals surface area (Å²) in [5.41, 5.74) is 1.85. The highest BCUT2D eigenvalue weighted by Crippen LogP contribution is 2.10. The van der Waals surface area contributed by atoms with Gasteiger partial charge in [0, 0.05) is 13.1 Å². The second-order valence-electron chi connectivity index (χ2n) is 6.35. The first-order valence-electron chi connectivity index (χ1n) is 8.67. The Hall–Kier alpha value is -3.41. The summed E-state index contributed by atoms with van der Waals surface area (Å²) in [4.78, 5) is 37.4. The summed E-state index contributed by atoms with van der Waals surface area (Å²) in [5, 5.41) is 2.79. The highest BCUT2D eigenvalue weighted by molar-refractivity contribution is 5.80. The van der Waals surface area contributed by atoms with E-state index in [0.29, 0.717) is 17.6 Å². The first-order chi connectivity index (χ1) is 13.0. The summed E-state index contributed by atoms with van der Waals surface area (Å²) in [5.74, 6) is -0.330. The van der Waals surface area contributed by atoms with Gasteiger partial charge >= 0.3 is 11.1 Å². The van der Waals surface area contributed by atoms with Gasteiger partial charge in [-0.25, -0.2) is 0 Å². The molecule has 1 amide bonds. The van der Waals surface area contributed by atoms with E-state index in [1.807, 2.05) is 31.2 Å². The maximum atomic E-state index is 12.5. The van der Waals surface area contributed by atoms with Crippen LogP contribution in [0.4, 0.5) is 0 Å². The van der Waals surface area contributed by atoms with E-state index in [-0.39, 0.29) is 19.0 Å². The van der Waals surface area contributed by atoms with Gasteiger partial charge in [0.2, 0.25) is 5.91 Å². The van der Waals surface area contributed by atoms with E-state index in [0.717, 1.165) is 11.1 Å². The van der Waals surface area contributed by atoms with Crippen molar-refractivity contribution in [3.63, 3.8) is 0 Å². The molecule has 1 heterocycles. The van der Waals surface area contributed by atoms with E-state index in [1.165, 1.54) is 9.13 Å². The van der Waals surface area contributed by atoms with E-state index in [2.05, 4.69) is 11.9 Å². The van der Waals surface area contributed by atoms with Crippen LogP contribution < -0.4 is 16.4 Å². The Kier molecular flexibility index (Phi) is 5.35. The zero-order valence-corrected chi connectivity index (χ0v) is 15.1. The predicted molar refractivity (Wildman–Crippen MR) is 106 cm³/mol. The van der Waals surface area contributed by atoms with E-state index < -0.39 is 11.1 Å². The number of para-hydroxylation sites is 2. The second kappa shape index (κ2) is 7.86. The number of amides is 1. The number of aromatic nitrogens is 2. The lowest BCUT2D eigenvalue weighted by atomic mass is 10.1. The van der Waals surface area contributed by atoms with Gasteiger partial charge in [0.05, 0.1) is 11.0 Å². The Bertz CT molecular complexity index is 1110. The maximum Gasteiger partial charge on any atom is 0.317 e. The highest BCUT2D eigenvalue weighted by atomic mass is 16.2. The molecule has 0 aliphatic rings. The van der Waals surface area contributed by atoms with E-state index in [1.54, 1.807) is 30.3 Å². The number of nitrogens with zero attached hydrogens (tertiary/aromatic N) is 2. The summed E-state index contributed by atoms with van der Waals surface area (Å²) in [6.45, 7) is 6.00. The third kappa shape index (κ3) is 3.89. The molecule has 0 spiro atoms. The van der Waals surface area contributed by atoms with Gasteiger partial charge in [0.1, 0.15) is 6.54 Å². The van der Waals surface area contributed by atoms with Gasteiger partial charge in [-0.3, -0.25) is 23.5 Å². The third-order valence-corrected chi connectivity index (χ3v) is 4.36. The van der Waals surface area contributed by atoms with Crippen molar-refractivity contribution in [2.24, 2.45) is 0 Å². The molecule has 3 rings (SSSR count). The molecule has 0 unspecified atom stereocenters. The third-order valence-electron chi connectivity index (χ3n) is 4.36. The molecule has 3 aromatic rings. The smallest absolute Gasteiger partial charge is 0.317 e. The molecule has 1 N–H and O–H groups in total. The molecule has 0 bridgehead atoms. The molecular weight excluding hydrogens is 342 g/mol. The molecule has 0 saturated carbocycles. The average molecular weight is 363 g/mol. The number of carbonyl (C=O) groups is 1. The zero-order chi connectivity index (χ0) is 19.4. The van der Waals surface area contributed by atoms with Crippen LogP contribution in [0.3, 0.4) is 0 Å². The minimum absolute atomic E-state index is 0.213. The fourth-order valence-electron chi connectivity index (χ4n) is 2.94. The van der Waals surface area contributed by atoms with Crippen LogP contribution in [0.1, 0.15) is 11.1 Å². The Morgan fingerprint density at radius 1 is 1.00 bits per heavy atom. The van der Waals surface area contributed by atoms with Crippen LogP contribution in [0.2, 0.25) is 0 Å². The number of aryl methyl sites for hydroxylation is 1. The highest BCUT2D eigenvalue weighted by Gasteiger charge is 2.14. The van der Waals surface area contributed by atoms with Crippen LogP contribution in [-0.4, -0.2) is 15.0 Å². The first-order valence-corrected chi connectivity index (χ1v) is 8.67. The number of carbonyl (C=O) groups excluding carboxylic acids is 1. The molecule has 0 atom stereocenters. The monoisotopic (exact) mass is 363 g/mol. The van der Waals surface area contributed by atoms with Gasteiger partial charge in [-0.2, -0.15) is 0 Å². The minimum Gasteiger partial charge on any atom is -0.350 e. The molecule has 0 radical (unpaired) electrons. The molecule has 2 aromatic carbocycles. The van der Waals surface area contributed by atoms with Gasteiger partial charge in [-0.1, -0.05) is 48.0 Å². The largest absolute Gasteiger partial charge is 0.350 e. The number of hydrogen-bond acceptors (Lipinski definition) is 3. The van der Waals surface area contributed by atoms with Crippen LogP contribution in [0.5, 0.6) is 0 Å². The summed E-state index contributed by atoms with van der Waals surface area (Å²) >= 11 is 0. The number of nitrogens with one attached hydrogen (secondary N) is 1. The van der Waals surface area contributed by atoms with Crippen molar-refractivity contribution in [1.29, 1.82) is 0 Å². The normalized spacial score (nSPS) is 10.7. The number of allylic oxidation sites excluding steroid dienone is 1. The van der Waals surface area contributed by atoms with E-state index >= 15 is 0 Å². The van der Waals surface area contributed by atoms with Crippen LogP contribution in [0.15, 0.2) is 70.8 Å². The number of fused-ring (bicyclic) bond motifs is 1. The Labute approximate surface area is 156 Å². The Balaban J connectivity index is 1.89. The average Bonchev–Trinajstić information content (AvgIpc) is 2.68. The molecule has 0 saturated heterocycles. The minimum atomic E-state index is -0.721. The van der Waals surface area contributed by atoms with Gasteiger partial charge in [-0.15, -0.1) is 6.58 Å².